The van der Waals surface area contributed by atoms with Crippen LogP contribution in [0.3, 0.4) is 0 Å². The molecule has 2 saturated heterocycles. The van der Waals surface area contributed by atoms with Gasteiger partial charge in [-0.3, -0.25) is 4.79 Å². The van der Waals surface area contributed by atoms with Gasteiger partial charge in [-0.25, -0.2) is 0 Å². The van der Waals surface area contributed by atoms with Gasteiger partial charge in [0.25, 0.3) is 0 Å². The molecule has 0 aromatic heterocycles. The molecular formula is C23H26N2O. The molecule has 0 saturated carbocycles. The number of hydrogen-bond donors (Lipinski definition) is 0. The second kappa shape index (κ2) is 7.51. The first-order valence-corrected chi connectivity index (χ1v) is 9.71. The fourth-order valence-electron chi connectivity index (χ4n) is 4.23. The van der Waals surface area contributed by atoms with Crippen molar-refractivity contribution in [3.63, 3.8) is 0 Å². The van der Waals surface area contributed by atoms with Gasteiger partial charge in [-0.15, -0.1) is 0 Å². The molecule has 134 valence electrons. The van der Waals surface area contributed by atoms with Crippen LogP contribution in [0.5, 0.6) is 0 Å². The molecule has 2 unspecified atom stereocenters. The van der Waals surface area contributed by atoms with E-state index in [0.29, 0.717) is 0 Å². The molecule has 2 aliphatic heterocycles. The molecule has 2 aliphatic rings. The summed E-state index contributed by atoms with van der Waals surface area (Å²) in [5.74, 6) is 7.08. The topological polar surface area (TPSA) is 23.6 Å². The number of amides is 1. The summed E-state index contributed by atoms with van der Waals surface area (Å²) in [5, 5.41) is 2.39. The van der Waals surface area contributed by atoms with Crippen LogP contribution in [0, 0.1) is 17.8 Å². The minimum absolute atomic E-state index is 0.0243. The van der Waals surface area contributed by atoms with E-state index in [2.05, 4.69) is 47.1 Å². The molecule has 2 aromatic rings. The summed E-state index contributed by atoms with van der Waals surface area (Å²) in [6, 6.07) is 14.6. The number of carbonyl (C=O) groups excluding carboxylic acids is 1. The maximum atomic E-state index is 12.6. The molecule has 0 radical (unpaired) electrons. The van der Waals surface area contributed by atoms with E-state index >= 15 is 0 Å². The van der Waals surface area contributed by atoms with Crippen molar-refractivity contribution in [1.29, 1.82) is 0 Å². The zero-order valence-corrected chi connectivity index (χ0v) is 15.4. The van der Waals surface area contributed by atoms with E-state index in [1.165, 1.54) is 30.0 Å². The van der Waals surface area contributed by atoms with Gasteiger partial charge in [0.05, 0.1) is 12.0 Å². The molecule has 0 spiro atoms. The molecule has 2 atom stereocenters. The van der Waals surface area contributed by atoms with E-state index in [1.807, 2.05) is 24.1 Å². The first-order chi connectivity index (χ1) is 12.7. The number of nitrogens with zero attached hydrogens (tertiary/aromatic N) is 2. The quantitative estimate of drug-likeness (QED) is 0.777. The Morgan fingerprint density at radius 1 is 1.04 bits per heavy atom. The van der Waals surface area contributed by atoms with Crippen molar-refractivity contribution in [1.82, 2.24) is 9.80 Å². The number of benzene rings is 2. The normalized spacial score (nSPS) is 23.9. The van der Waals surface area contributed by atoms with Gasteiger partial charge in [0, 0.05) is 19.2 Å². The van der Waals surface area contributed by atoms with Gasteiger partial charge in [-0.1, -0.05) is 54.7 Å². The zero-order chi connectivity index (χ0) is 17.9. The summed E-state index contributed by atoms with van der Waals surface area (Å²) in [5.41, 5.74) is 1.04. The van der Waals surface area contributed by atoms with Crippen LogP contribution in [-0.2, 0) is 4.79 Å². The third kappa shape index (κ3) is 3.48. The lowest BCUT2D eigenvalue weighted by Gasteiger charge is -2.28. The first kappa shape index (κ1) is 17.1. The summed E-state index contributed by atoms with van der Waals surface area (Å²) in [6.07, 6.45) is 4.71. The smallest absolute Gasteiger partial charge is 0.227 e. The van der Waals surface area contributed by atoms with E-state index in [9.17, 15) is 4.79 Å². The number of piperidine rings is 1. The molecule has 0 aliphatic carbocycles. The van der Waals surface area contributed by atoms with E-state index in [4.69, 9.17) is 0 Å². The maximum Gasteiger partial charge on any atom is 0.227 e. The average molecular weight is 346 g/mol. The largest absolute Gasteiger partial charge is 0.332 e. The molecule has 26 heavy (non-hydrogen) atoms. The highest BCUT2D eigenvalue weighted by molar-refractivity contribution is 5.88. The molecule has 0 N–H and O–H groups in total. The van der Waals surface area contributed by atoms with Gasteiger partial charge in [-0.2, -0.15) is 0 Å². The Labute approximate surface area is 156 Å². The predicted molar refractivity (Wildman–Crippen MR) is 106 cm³/mol. The Morgan fingerprint density at radius 2 is 1.81 bits per heavy atom. The van der Waals surface area contributed by atoms with Gasteiger partial charge in [0.15, 0.2) is 0 Å². The third-order valence-corrected chi connectivity index (χ3v) is 5.76. The van der Waals surface area contributed by atoms with Crippen molar-refractivity contribution in [3.8, 4) is 11.8 Å². The Balaban J connectivity index is 1.50. The van der Waals surface area contributed by atoms with Crippen LogP contribution in [-0.4, -0.2) is 48.4 Å². The van der Waals surface area contributed by atoms with Gasteiger partial charge >= 0.3 is 0 Å². The van der Waals surface area contributed by atoms with Gasteiger partial charge in [0.1, 0.15) is 0 Å². The first-order valence-electron chi connectivity index (χ1n) is 9.71. The molecule has 4 rings (SSSR count). The zero-order valence-electron chi connectivity index (χ0n) is 15.4. The molecule has 3 heteroatoms. The molecule has 2 heterocycles. The number of likely N-dealkylation sites (tertiary alicyclic amines) is 2. The molecule has 3 nitrogen and oxygen atoms in total. The molecular weight excluding hydrogens is 320 g/mol. The average Bonchev–Trinajstić information content (AvgIpc) is 2.95. The number of fused-ring (bicyclic) bond motifs is 1. The van der Waals surface area contributed by atoms with Crippen molar-refractivity contribution in [3.05, 3.63) is 48.0 Å². The Kier molecular flexibility index (Phi) is 4.95. The maximum absolute atomic E-state index is 12.6. The van der Waals surface area contributed by atoms with Gasteiger partial charge < -0.3 is 9.80 Å². The van der Waals surface area contributed by atoms with Gasteiger partial charge in [-0.05, 0) is 49.2 Å². The van der Waals surface area contributed by atoms with Crippen molar-refractivity contribution in [2.75, 3.05) is 26.7 Å². The third-order valence-electron chi connectivity index (χ3n) is 5.76. The van der Waals surface area contributed by atoms with E-state index in [0.717, 1.165) is 31.6 Å². The number of hydrogen-bond acceptors (Lipinski definition) is 2. The highest BCUT2D eigenvalue weighted by Crippen LogP contribution is 2.25. The van der Waals surface area contributed by atoms with Crippen LogP contribution in [0.15, 0.2) is 42.5 Å². The van der Waals surface area contributed by atoms with Crippen LogP contribution in [0.2, 0.25) is 0 Å². The van der Waals surface area contributed by atoms with E-state index in [-0.39, 0.29) is 17.9 Å². The van der Waals surface area contributed by atoms with E-state index in [1.54, 1.807) is 0 Å². The van der Waals surface area contributed by atoms with Crippen LogP contribution in [0.4, 0.5) is 0 Å². The van der Waals surface area contributed by atoms with Crippen molar-refractivity contribution >= 4 is 16.7 Å². The standard InChI is InChI=1S/C23H26N2O/c1-24-21(16-20(23(24)26)17-25-14-5-2-6-15-25)13-12-19-10-7-9-18-8-3-4-11-22(18)19/h3-4,7-11,20-21H,2,5-6,14-17H2,1H3. The Morgan fingerprint density at radius 3 is 2.65 bits per heavy atom. The van der Waals surface area contributed by atoms with Crippen molar-refractivity contribution in [2.24, 2.45) is 5.92 Å². The Bertz CT molecular complexity index is 852. The summed E-state index contributed by atoms with van der Waals surface area (Å²) in [6.45, 7) is 3.18. The van der Waals surface area contributed by atoms with Crippen LogP contribution in [0.25, 0.3) is 10.8 Å². The summed E-state index contributed by atoms with van der Waals surface area (Å²) in [4.78, 5) is 17.0. The minimum atomic E-state index is 0.0243. The van der Waals surface area contributed by atoms with Crippen molar-refractivity contribution in [2.45, 2.75) is 31.7 Å². The second-order valence-corrected chi connectivity index (χ2v) is 7.55. The molecule has 2 fully saturated rings. The lowest BCUT2D eigenvalue weighted by atomic mass is 10.0. The SMILES string of the molecule is CN1C(=O)C(CN2CCCCC2)CC1C#Cc1cccc2ccccc12. The summed E-state index contributed by atoms with van der Waals surface area (Å²) in [7, 11) is 1.90. The van der Waals surface area contributed by atoms with Crippen molar-refractivity contribution < 1.29 is 4.79 Å². The molecule has 2 aromatic carbocycles. The highest BCUT2D eigenvalue weighted by Gasteiger charge is 2.37. The van der Waals surface area contributed by atoms with E-state index < -0.39 is 0 Å². The summed E-state index contributed by atoms with van der Waals surface area (Å²) >= 11 is 0. The second-order valence-electron chi connectivity index (χ2n) is 7.55. The fraction of sp³-hybridized carbons (Fsp3) is 0.435. The molecule has 0 bridgehead atoms. The minimum Gasteiger partial charge on any atom is -0.332 e. The monoisotopic (exact) mass is 346 g/mol. The fourth-order valence-corrected chi connectivity index (χ4v) is 4.23. The Hall–Kier alpha value is -2.31. The number of rotatable bonds is 2. The lowest BCUT2D eigenvalue weighted by molar-refractivity contribution is -0.130. The predicted octanol–water partition coefficient (Wildman–Crippen LogP) is 3.52. The summed E-state index contributed by atoms with van der Waals surface area (Å²) < 4.78 is 0. The lowest BCUT2D eigenvalue weighted by Crippen LogP contribution is -2.37. The highest BCUT2D eigenvalue weighted by atomic mass is 16.2. The van der Waals surface area contributed by atoms with Crippen LogP contribution in [0.1, 0.15) is 31.2 Å². The van der Waals surface area contributed by atoms with Crippen LogP contribution >= 0.6 is 0 Å². The van der Waals surface area contributed by atoms with Gasteiger partial charge in [0.2, 0.25) is 5.91 Å². The molecule has 1 amide bonds. The van der Waals surface area contributed by atoms with Crippen LogP contribution < -0.4 is 0 Å². The number of carbonyl (C=O) groups is 1.